The van der Waals surface area contributed by atoms with E-state index in [9.17, 15) is 4.79 Å². The average Bonchev–Trinajstić information content (AvgIpc) is 2.98. The molecule has 4 nitrogen and oxygen atoms in total. The molecule has 0 unspecified atom stereocenters. The van der Waals surface area contributed by atoms with Crippen LogP contribution >= 0.6 is 0 Å². The van der Waals surface area contributed by atoms with Crippen molar-refractivity contribution >= 4 is 11.7 Å². The molecular formula is C19H22N2O2. The minimum atomic E-state index is -0.0560. The second-order valence-electron chi connectivity index (χ2n) is 5.88. The number of hydrogen-bond acceptors (Lipinski definition) is 2. The van der Waals surface area contributed by atoms with Crippen LogP contribution in [0.5, 0.6) is 5.75 Å². The fourth-order valence-electron chi connectivity index (χ4n) is 2.83. The van der Waals surface area contributed by atoms with Gasteiger partial charge >= 0.3 is 6.03 Å². The summed E-state index contributed by atoms with van der Waals surface area (Å²) in [6.45, 7) is 5.76. The summed E-state index contributed by atoms with van der Waals surface area (Å²) >= 11 is 0. The molecule has 1 heterocycles. The van der Waals surface area contributed by atoms with Gasteiger partial charge in [0.2, 0.25) is 0 Å². The first kappa shape index (κ1) is 15.4. The highest BCUT2D eigenvalue weighted by Gasteiger charge is 2.23. The maximum atomic E-state index is 12.3. The Morgan fingerprint density at radius 2 is 2.04 bits per heavy atom. The number of rotatable bonds is 4. The van der Waals surface area contributed by atoms with Gasteiger partial charge in [-0.2, -0.15) is 0 Å². The quantitative estimate of drug-likeness (QED) is 0.879. The molecule has 2 amide bonds. The summed E-state index contributed by atoms with van der Waals surface area (Å²) < 4.78 is 5.77. The monoisotopic (exact) mass is 310 g/mol. The molecule has 2 aromatic carbocycles. The van der Waals surface area contributed by atoms with E-state index in [1.165, 1.54) is 11.1 Å². The Balaban J connectivity index is 1.50. The summed E-state index contributed by atoms with van der Waals surface area (Å²) in [7, 11) is 0. The van der Waals surface area contributed by atoms with Crippen LogP contribution in [0, 0.1) is 13.8 Å². The van der Waals surface area contributed by atoms with Crippen molar-refractivity contribution < 1.29 is 9.53 Å². The molecule has 0 bridgehead atoms. The zero-order chi connectivity index (χ0) is 16.2. The molecule has 0 atom stereocenters. The van der Waals surface area contributed by atoms with Gasteiger partial charge in [0.1, 0.15) is 12.4 Å². The van der Waals surface area contributed by atoms with Crippen molar-refractivity contribution in [3.8, 4) is 5.75 Å². The molecule has 2 aromatic rings. The summed E-state index contributed by atoms with van der Waals surface area (Å²) in [6, 6.07) is 14.1. The SMILES string of the molecule is Cc1ccc(C)c(OCCNC(=O)N2CCc3ccccc32)c1. The van der Waals surface area contributed by atoms with Gasteiger partial charge in [-0.25, -0.2) is 4.79 Å². The third-order valence-electron chi connectivity index (χ3n) is 4.11. The van der Waals surface area contributed by atoms with E-state index in [1.54, 1.807) is 4.90 Å². The van der Waals surface area contributed by atoms with Gasteiger partial charge in [0.05, 0.1) is 6.54 Å². The number of nitrogens with zero attached hydrogens (tertiary/aromatic N) is 1. The summed E-state index contributed by atoms with van der Waals surface area (Å²) in [5.74, 6) is 0.880. The molecule has 0 fully saturated rings. The van der Waals surface area contributed by atoms with Crippen molar-refractivity contribution in [2.24, 2.45) is 0 Å². The van der Waals surface area contributed by atoms with E-state index < -0.39 is 0 Å². The van der Waals surface area contributed by atoms with Crippen LogP contribution in [0.15, 0.2) is 42.5 Å². The zero-order valence-corrected chi connectivity index (χ0v) is 13.6. The van der Waals surface area contributed by atoms with Gasteiger partial charge in [0.15, 0.2) is 0 Å². The number of carbonyl (C=O) groups excluding carboxylic acids is 1. The predicted molar refractivity (Wildman–Crippen MR) is 92.3 cm³/mol. The van der Waals surface area contributed by atoms with Crippen LogP contribution in [0.1, 0.15) is 16.7 Å². The summed E-state index contributed by atoms with van der Waals surface area (Å²) in [5, 5.41) is 2.93. The lowest BCUT2D eigenvalue weighted by Crippen LogP contribution is -2.40. The average molecular weight is 310 g/mol. The first-order valence-electron chi connectivity index (χ1n) is 7.98. The van der Waals surface area contributed by atoms with Crippen molar-refractivity contribution in [2.75, 3.05) is 24.6 Å². The van der Waals surface area contributed by atoms with E-state index >= 15 is 0 Å². The Hall–Kier alpha value is -2.49. The van der Waals surface area contributed by atoms with Crippen LogP contribution < -0.4 is 15.0 Å². The molecule has 0 spiro atoms. The Kier molecular flexibility index (Phi) is 4.51. The van der Waals surface area contributed by atoms with Gasteiger partial charge < -0.3 is 10.1 Å². The molecule has 120 valence electrons. The second kappa shape index (κ2) is 6.73. The normalized spacial score (nSPS) is 12.9. The van der Waals surface area contributed by atoms with E-state index in [-0.39, 0.29) is 6.03 Å². The Morgan fingerprint density at radius 3 is 2.91 bits per heavy atom. The third kappa shape index (κ3) is 3.47. The second-order valence-corrected chi connectivity index (χ2v) is 5.88. The van der Waals surface area contributed by atoms with Crippen LogP contribution in [0.3, 0.4) is 0 Å². The molecule has 1 aliphatic heterocycles. The Morgan fingerprint density at radius 1 is 1.22 bits per heavy atom. The molecule has 0 aliphatic carbocycles. The van der Waals surface area contributed by atoms with Crippen molar-refractivity contribution in [1.82, 2.24) is 5.32 Å². The lowest BCUT2D eigenvalue weighted by molar-refractivity contribution is 0.242. The van der Waals surface area contributed by atoms with Crippen LogP contribution in [0.25, 0.3) is 0 Å². The summed E-state index contributed by atoms with van der Waals surface area (Å²) in [5.41, 5.74) is 4.52. The molecule has 0 aromatic heterocycles. The van der Waals surface area contributed by atoms with Gasteiger partial charge in [0.25, 0.3) is 0 Å². The Bertz CT molecular complexity index is 712. The maximum absolute atomic E-state index is 12.3. The third-order valence-corrected chi connectivity index (χ3v) is 4.11. The molecule has 0 saturated carbocycles. The van der Waals surface area contributed by atoms with E-state index in [2.05, 4.69) is 17.4 Å². The van der Waals surface area contributed by atoms with Gasteiger partial charge in [-0.1, -0.05) is 30.3 Å². The molecule has 23 heavy (non-hydrogen) atoms. The van der Waals surface area contributed by atoms with Crippen LogP contribution in [0.2, 0.25) is 0 Å². The molecule has 0 saturated heterocycles. The smallest absolute Gasteiger partial charge is 0.322 e. The number of anilines is 1. The molecule has 3 rings (SSSR count). The number of hydrogen-bond donors (Lipinski definition) is 1. The lowest BCUT2D eigenvalue weighted by Gasteiger charge is -2.18. The minimum Gasteiger partial charge on any atom is -0.491 e. The highest BCUT2D eigenvalue weighted by Crippen LogP contribution is 2.27. The molecular weight excluding hydrogens is 288 g/mol. The van der Waals surface area contributed by atoms with Crippen LogP contribution in [0.4, 0.5) is 10.5 Å². The van der Waals surface area contributed by atoms with Crippen molar-refractivity contribution in [3.63, 3.8) is 0 Å². The lowest BCUT2D eigenvalue weighted by atomic mass is 10.1. The standard InChI is InChI=1S/C19H22N2O2/c1-14-7-8-15(2)18(13-14)23-12-10-20-19(22)21-11-9-16-5-3-4-6-17(16)21/h3-8,13H,9-12H2,1-2H3,(H,20,22). The topological polar surface area (TPSA) is 41.6 Å². The van der Waals surface area contributed by atoms with Crippen molar-refractivity contribution in [2.45, 2.75) is 20.3 Å². The van der Waals surface area contributed by atoms with Gasteiger partial charge in [-0.15, -0.1) is 0 Å². The first-order valence-corrected chi connectivity index (χ1v) is 7.98. The van der Waals surface area contributed by atoms with Crippen molar-refractivity contribution in [1.29, 1.82) is 0 Å². The number of carbonyl (C=O) groups is 1. The summed E-state index contributed by atoms with van der Waals surface area (Å²) in [6.07, 6.45) is 0.919. The minimum absolute atomic E-state index is 0.0560. The zero-order valence-electron chi connectivity index (χ0n) is 13.6. The van der Waals surface area contributed by atoms with Crippen LogP contribution in [-0.4, -0.2) is 25.7 Å². The largest absolute Gasteiger partial charge is 0.491 e. The van der Waals surface area contributed by atoms with Gasteiger partial charge in [-0.05, 0) is 49.1 Å². The Labute approximate surface area is 137 Å². The predicted octanol–water partition coefficient (Wildman–Crippen LogP) is 3.45. The van der Waals surface area contributed by atoms with E-state index in [0.717, 1.165) is 30.0 Å². The van der Waals surface area contributed by atoms with E-state index in [1.807, 2.05) is 44.2 Å². The van der Waals surface area contributed by atoms with Gasteiger partial charge in [-0.3, -0.25) is 4.90 Å². The molecule has 1 N–H and O–H groups in total. The summed E-state index contributed by atoms with van der Waals surface area (Å²) in [4.78, 5) is 14.1. The van der Waals surface area contributed by atoms with Crippen molar-refractivity contribution in [3.05, 3.63) is 59.2 Å². The number of aryl methyl sites for hydroxylation is 2. The molecule has 0 radical (unpaired) electrons. The highest BCUT2D eigenvalue weighted by atomic mass is 16.5. The highest BCUT2D eigenvalue weighted by molar-refractivity contribution is 5.94. The molecule has 1 aliphatic rings. The number of ether oxygens (including phenoxy) is 1. The number of para-hydroxylation sites is 1. The molecule has 4 heteroatoms. The number of fused-ring (bicyclic) bond motifs is 1. The first-order chi connectivity index (χ1) is 11.1. The fraction of sp³-hybridized carbons (Fsp3) is 0.316. The van der Waals surface area contributed by atoms with Crippen LogP contribution in [-0.2, 0) is 6.42 Å². The van der Waals surface area contributed by atoms with E-state index in [0.29, 0.717) is 13.2 Å². The fourth-order valence-corrected chi connectivity index (χ4v) is 2.83. The number of urea groups is 1. The maximum Gasteiger partial charge on any atom is 0.322 e. The van der Waals surface area contributed by atoms with E-state index in [4.69, 9.17) is 4.74 Å². The number of amides is 2. The van der Waals surface area contributed by atoms with Gasteiger partial charge in [0, 0.05) is 12.2 Å². The number of benzene rings is 2. The number of nitrogens with one attached hydrogen (secondary N) is 1.